The summed E-state index contributed by atoms with van der Waals surface area (Å²) in [4.78, 5) is 26.3. The van der Waals surface area contributed by atoms with Gasteiger partial charge < -0.3 is 14.8 Å². The molecule has 0 amide bonds. The zero-order valence-corrected chi connectivity index (χ0v) is 18.2. The van der Waals surface area contributed by atoms with E-state index in [-0.39, 0.29) is 12.4 Å². The maximum Gasteiger partial charge on any atom is 0.337 e. The number of methoxy groups -OCH3 is 1. The molecule has 0 radical (unpaired) electrons. The number of dihydropyridines is 1. The average molecular weight is 418 g/mol. The SMILES string of the molecule is COc1ccc(COC(=O)C2=C(C)NC3=C(C(=O)CCC3)[C@H]2c2ccccc2C)cc1. The molecule has 160 valence electrons. The van der Waals surface area contributed by atoms with Crippen molar-refractivity contribution in [2.24, 2.45) is 0 Å². The van der Waals surface area contributed by atoms with Crippen molar-refractivity contribution in [3.63, 3.8) is 0 Å². The number of benzene rings is 2. The van der Waals surface area contributed by atoms with Gasteiger partial charge in [-0.25, -0.2) is 4.79 Å². The minimum atomic E-state index is -0.409. The van der Waals surface area contributed by atoms with Crippen LogP contribution < -0.4 is 10.1 Å². The molecule has 2 aromatic carbocycles. The molecule has 0 spiro atoms. The first-order chi connectivity index (χ1) is 15.0. The number of carbonyl (C=O) groups is 2. The Morgan fingerprint density at radius 3 is 2.52 bits per heavy atom. The van der Waals surface area contributed by atoms with Gasteiger partial charge in [-0.1, -0.05) is 36.4 Å². The van der Waals surface area contributed by atoms with Crippen LogP contribution in [0.3, 0.4) is 0 Å². The van der Waals surface area contributed by atoms with Crippen molar-refractivity contribution in [1.29, 1.82) is 0 Å². The number of rotatable bonds is 5. The smallest absolute Gasteiger partial charge is 0.337 e. The van der Waals surface area contributed by atoms with Crippen molar-refractivity contribution in [3.05, 3.63) is 87.8 Å². The third-order valence-electron chi connectivity index (χ3n) is 6.02. The highest BCUT2D eigenvalue weighted by Gasteiger charge is 2.39. The zero-order valence-electron chi connectivity index (χ0n) is 18.2. The minimum Gasteiger partial charge on any atom is -0.497 e. The van der Waals surface area contributed by atoms with E-state index in [2.05, 4.69) is 5.32 Å². The second-order valence-corrected chi connectivity index (χ2v) is 8.05. The lowest BCUT2D eigenvalue weighted by atomic mass is 9.74. The summed E-state index contributed by atoms with van der Waals surface area (Å²) < 4.78 is 10.9. The normalized spacial score (nSPS) is 18.4. The number of aryl methyl sites for hydroxylation is 1. The molecule has 0 fully saturated rings. The van der Waals surface area contributed by atoms with Gasteiger partial charge in [-0.05, 0) is 55.5 Å². The summed E-state index contributed by atoms with van der Waals surface area (Å²) in [6, 6.07) is 15.4. The summed E-state index contributed by atoms with van der Waals surface area (Å²) in [6.07, 6.45) is 2.15. The minimum absolute atomic E-state index is 0.106. The van der Waals surface area contributed by atoms with Crippen LogP contribution in [0.25, 0.3) is 0 Å². The molecule has 0 saturated carbocycles. The fraction of sp³-hybridized carbons (Fsp3) is 0.308. The number of ketones is 1. The average Bonchev–Trinajstić information content (AvgIpc) is 2.77. The molecule has 2 aliphatic rings. The summed E-state index contributed by atoms with van der Waals surface area (Å²) in [7, 11) is 1.61. The molecule has 1 N–H and O–H groups in total. The monoisotopic (exact) mass is 417 g/mol. The molecule has 0 aromatic heterocycles. The number of hydrogen-bond donors (Lipinski definition) is 1. The van der Waals surface area contributed by atoms with Crippen LogP contribution in [0.15, 0.2) is 71.1 Å². The Morgan fingerprint density at radius 1 is 1.06 bits per heavy atom. The number of nitrogens with one attached hydrogen (secondary N) is 1. The van der Waals surface area contributed by atoms with Gasteiger partial charge in [0.2, 0.25) is 0 Å². The number of allylic oxidation sites excluding steroid dienone is 3. The molecule has 31 heavy (non-hydrogen) atoms. The maximum atomic E-state index is 13.3. The van der Waals surface area contributed by atoms with E-state index in [9.17, 15) is 9.59 Å². The highest BCUT2D eigenvalue weighted by molar-refractivity contribution is 6.03. The molecule has 1 heterocycles. The van der Waals surface area contributed by atoms with Crippen molar-refractivity contribution in [2.75, 3.05) is 7.11 Å². The third-order valence-corrected chi connectivity index (χ3v) is 6.02. The van der Waals surface area contributed by atoms with Gasteiger partial charge in [0.1, 0.15) is 12.4 Å². The van der Waals surface area contributed by atoms with Crippen LogP contribution in [0, 0.1) is 6.92 Å². The highest BCUT2D eigenvalue weighted by Crippen LogP contribution is 2.43. The van der Waals surface area contributed by atoms with Crippen LogP contribution in [0.1, 0.15) is 48.8 Å². The van der Waals surface area contributed by atoms with Gasteiger partial charge in [-0.3, -0.25) is 4.79 Å². The van der Waals surface area contributed by atoms with Crippen LogP contribution >= 0.6 is 0 Å². The summed E-state index contributed by atoms with van der Waals surface area (Å²) >= 11 is 0. The summed E-state index contributed by atoms with van der Waals surface area (Å²) in [5.41, 5.74) is 5.81. The highest BCUT2D eigenvalue weighted by atomic mass is 16.5. The van der Waals surface area contributed by atoms with Gasteiger partial charge in [0.05, 0.1) is 12.7 Å². The lowest BCUT2D eigenvalue weighted by Crippen LogP contribution is -2.34. The standard InChI is InChI=1S/C26H27NO4/c1-16-7-4-5-8-20(16)24-23(17(2)27-21-9-6-10-22(28)25(21)24)26(29)31-15-18-11-13-19(30-3)14-12-18/h4-5,7-8,11-14,24,27H,6,9-10,15H2,1-3H3/t24-/m0/s1. The lowest BCUT2D eigenvalue weighted by Gasteiger charge is -2.34. The fourth-order valence-corrected chi connectivity index (χ4v) is 4.42. The Balaban J connectivity index is 1.67. The summed E-state index contributed by atoms with van der Waals surface area (Å²) in [6.45, 7) is 4.05. The molecule has 0 unspecified atom stereocenters. The van der Waals surface area contributed by atoms with E-state index in [0.29, 0.717) is 17.6 Å². The Morgan fingerprint density at radius 2 is 1.81 bits per heavy atom. The van der Waals surface area contributed by atoms with Crippen LogP contribution in [0.4, 0.5) is 0 Å². The maximum absolute atomic E-state index is 13.3. The third kappa shape index (κ3) is 4.13. The molecule has 2 aromatic rings. The predicted molar refractivity (Wildman–Crippen MR) is 118 cm³/mol. The molecule has 0 saturated heterocycles. The Bertz CT molecular complexity index is 1080. The van der Waals surface area contributed by atoms with Crippen molar-refractivity contribution in [2.45, 2.75) is 45.6 Å². The Labute approximate surface area is 182 Å². The van der Waals surface area contributed by atoms with Gasteiger partial charge in [-0.15, -0.1) is 0 Å². The Kier molecular flexibility index (Phi) is 5.94. The van der Waals surface area contributed by atoms with Crippen molar-refractivity contribution in [3.8, 4) is 5.75 Å². The van der Waals surface area contributed by atoms with E-state index in [4.69, 9.17) is 9.47 Å². The van der Waals surface area contributed by atoms with Gasteiger partial charge in [0.15, 0.2) is 5.78 Å². The Hall–Kier alpha value is -3.34. The van der Waals surface area contributed by atoms with Crippen molar-refractivity contribution < 1.29 is 19.1 Å². The summed E-state index contributed by atoms with van der Waals surface area (Å²) in [5, 5.41) is 3.33. The lowest BCUT2D eigenvalue weighted by molar-refractivity contribution is -0.140. The second kappa shape index (κ2) is 8.80. The molecular formula is C26H27NO4. The van der Waals surface area contributed by atoms with Gasteiger partial charge in [0, 0.05) is 29.3 Å². The molecular weight excluding hydrogens is 390 g/mol. The quantitative estimate of drug-likeness (QED) is 0.714. The van der Waals surface area contributed by atoms with E-state index in [1.54, 1.807) is 7.11 Å². The van der Waals surface area contributed by atoms with E-state index < -0.39 is 11.9 Å². The number of hydrogen-bond acceptors (Lipinski definition) is 5. The number of esters is 1. The van der Waals surface area contributed by atoms with E-state index >= 15 is 0 Å². The first-order valence-electron chi connectivity index (χ1n) is 10.6. The van der Waals surface area contributed by atoms with Crippen LogP contribution in [-0.4, -0.2) is 18.9 Å². The zero-order chi connectivity index (χ0) is 22.0. The molecule has 0 bridgehead atoms. The van der Waals surface area contributed by atoms with Gasteiger partial charge >= 0.3 is 5.97 Å². The molecule has 1 aliphatic carbocycles. The van der Waals surface area contributed by atoms with Crippen LogP contribution in [0.5, 0.6) is 5.75 Å². The molecule has 4 rings (SSSR count). The van der Waals surface area contributed by atoms with Crippen molar-refractivity contribution in [1.82, 2.24) is 5.32 Å². The first kappa shape index (κ1) is 20.9. The van der Waals surface area contributed by atoms with E-state index in [1.807, 2.05) is 62.4 Å². The van der Waals surface area contributed by atoms with E-state index in [0.717, 1.165) is 46.7 Å². The second-order valence-electron chi connectivity index (χ2n) is 8.05. The van der Waals surface area contributed by atoms with Crippen LogP contribution in [-0.2, 0) is 20.9 Å². The topological polar surface area (TPSA) is 64.6 Å². The first-order valence-corrected chi connectivity index (χ1v) is 10.6. The number of Topliss-reactive ketones (excluding diaryl/α,β-unsaturated/α-hetero) is 1. The fourth-order valence-electron chi connectivity index (χ4n) is 4.42. The predicted octanol–water partition coefficient (Wildman–Crippen LogP) is 4.71. The molecule has 1 atom stereocenters. The largest absolute Gasteiger partial charge is 0.497 e. The van der Waals surface area contributed by atoms with Gasteiger partial charge in [-0.2, -0.15) is 0 Å². The number of carbonyl (C=O) groups excluding carboxylic acids is 2. The summed E-state index contributed by atoms with van der Waals surface area (Å²) in [5.74, 6) is 0.0440. The van der Waals surface area contributed by atoms with Gasteiger partial charge in [0.25, 0.3) is 0 Å². The molecule has 5 nitrogen and oxygen atoms in total. The number of ether oxygens (including phenoxy) is 2. The van der Waals surface area contributed by atoms with E-state index in [1.165, 1.54) is 0 Å². The van der Waals surface area contributed by atoms with Crippen molar-refractivity contribution >= 4 is 11.8 Å². The molecule has 5 heteroatoms. The van der Waals surface area contributed by atoms with Crippen LogP contribution in [0.2, 0.25) is 0 Å². The molecule has 1 aliphatic heterocycles.